The number of allylic oxidation sites excluding steroid dienone is 4. The van der Waals surface area contributed by atoms with Gasteiger partial charge in [0, 0.05) is 5.25 Å². The summed E-state index contributed by atoms with van der Waals surface area (Å²) in [6.45, 7) is 3.99. The zero-order chi connectivity index (χ0) is 11.6. The van der Waals surface area contributed by atoms with E-state index in [1.54, 1.807) is 6.08 Å². The van der Waals surface area contributed by atoms with E-state index in [-0.39, 0.29) is 5.75 Å². The minimum absolute atomic E-state index is 0.108. The summed E-state index contributed by atoms with van der Waals surface area (Å²) < 4.78 is 22.6. The lowest BCUT2D eigenvalue weighted by atomic mass is 10.4. The van der Waals surface area contributed by atoms with E-state index in [1.165, 1.54) is 0 Å². The Labute approximate surface area is 93.0 Å². The summed E-state index contributed by atoms with van der Waals surface area (Å²) in [5, 5.41) is 2.27. The third-order valence-corrected chi connectivity index (χ3v) is 2.81. The molecule has 2 nitrogen and oxygen atoms in total. The van der Waals surface area contributed by atoms with Gasteiger partial charge in [0.25, 0.3) is 0 Å². The highest BCUT2D eigenvalue weighted by molar-refractivity contribution is 7.96. The Bertz CT molecular complexity index is 364. The van der Waals surface area contributed by atoms with Gasteiger partial charge < -0.3 is 0 Å². The Kier molecular flexibility index (Phi) is 7.75. The van der Waals surface area contributed by atoms with Crippen molar-refractivity contribution in [3.05, 3.63) is 24.3 Å². The second-order valence-corrected chi connectivity index (χ2v) is 4.89. The second-order valence-electron chi connectivity index (χ2n) is 3.04. The van der Waals surface area contributed by atoms with E-state index in [0.29, 0.717) is 6.42 Å². The Morgan fingerprint density at radius 3 is 2.33 bits per heavy atom. The molecule has 0 saturated heterocycles. The molecule has 0 N–H and O–H groups in total. The number of hydrogen-bond donors (Lipinski definition) is 0. The Hall–Kier alpha value is -1.01. The second kappa shape index (κ2) is 8.31. The van der Waals surface area contributed by atoms with Gasteiger partial charge >= 0.3 is 0 Å². The van der Waals surface area contributed by atoms with Crippen LogP contribution in [0.25, 0.3) is 0 Å². The van der Waals surface area contributed by atoms with Gasteiger partial charge in [-0.3, -0.25) is 0 Å². The predicted molar refractivity (Wildman–Crippen MR) is 65.0 cm³/mol. The average Bonchev–Trinajstić information content (AvgIpc) is 2.20. The van der Waals surface area contributed by atoms with Gasteiger partial charge in [0.1, 0.15) is 0 Å². The molecule has 0 bridgehead atoms. The highest BCUT2D eigenvalue weighted by Gasteiger charge is 2.02. The molecular weight excluding hydrogens is 208 g/mol. The maximum atomic E-state index is 11.3. The summed E-state index contributed by atoms with van der Waals surface area (Å²) in [7, 11) is -3.21. The molecule has 0 aromatic heterocycles. The van der Waals surface area contributed by atoms with Gasteiger partial charge in [0.05, 0.1) is 5.75 Å². The molecule has 0 rings (SSSR count). The maximum Gasteiger partial charge on any atom is 0.217 e. The van der Waals surface area contributed by atoms with Crippen molar-refractivity contribution < 1.29 is 8.42 Å². The summed E-state index contributed by atoms with van der Waals surface area (Å²) in [5.74, 6) is 2.63. The van der Waals surface area contributed by atoms with Crippen LogP contribution in [0, 0.1) is 11.2 Å². The number of rotatable bonds is 5. The molecule has 0 fully saturated rings. The van der Waals surface area contributed by atoms with Gasteiger partial charge in [-0.2, -0.15) is 0 Å². The van der Waals surface area contributed by atoms with Gasteiger partial charge in [-0.15, -0.1) is 0 Å². The van der Waals surface area contributed by atoms with Crippen LogP contribution in [0.1, 0.15) is 33.1 Å². The minimum Gasteiger partial charge on any atom is -0.215 e. The molecule has 0 amide bonds. The van der Waals surface area contributed by atoms with Crippen molar-refractivity contribution in [2.45, 2.75) is 33.1 Å². The first-order chi connectivity index (χ1) is 7.12. The Balaban J connectivity index is 4.12. The molecule has 0 aromatic rings. The maximum absolute atomic E-state index is 11.3. The summed E-state index contributed by atoms with van der Waals surface area (Å²) in [6.07, 6.45) is 9.60. The van der Waals surface area contributed by atoms with Crippen molar-refractivity contribution >= 4 is 9.84 Å². The smallest absolute Gasteiger partial charge is 0.215 e. The molecule has 84 valence electrons. The van der Waals surface area contributed by atoms with Gasteiger partial charge in [0.2, 0.25) is 9.84 Å². The van der Waals surface area contributed by atoms with Crippen molar-refractivity contribution in [1.29, 1.82) is 0 Å². The molecule has 0 aliphatic heterocycles. The number of hydrogen-bond acceptors (Lipinski definition) is 2. The van der Waals surface area contributed by atoms with E-state index in [9.17, 15) is 8.42 Å². The van der Waals surface area contributed by atoms with Gasteiger partial charge in [0.15, 0.2) is 0 Å². The van der Waals surface area contributed by atoms with Crippen LogP contribution in [0.3, 0.4) is 0 Å². The van der Waals surface area contributed by atoms with Gasteiger partial charge in [-0.1, -0.05) is 38.0 Å². The molecule has 15 heavy (non-hydrogen) atoms. The lowest BCUT2D eigenvalue weighted by Gasteiger charge is -1.90. The summed E-state index contributed by atoms with van der Waals surface area (Å²) in [5.41, 5.74) is 0. The Morgan fingerprint density at radius 2 is 1.73 bits per heavy atom. The van der Waals surface area contributed by atoms with E-state index >= 15 is 0 Å². The normalized spacial score (nSPS) is 11.9. The van der Waals surface area contributed by atoms with Crippen molar-refractivity contribution in [2.75, 3.05) is 5.75 Å². The van der Waals surface area contributed by atoms with E-state index < -0.39 is 9.84 Å². The predicted octanol–water partition coefficient (Wildman–Crippen LogP) is 2.68. The fourth-order valence-corrected chi connectivity index (χ4v) is 1.66. The van der Waals surface area contributed by atoms with Crippen LogP contribution in [0.15, 0.2) is 24.3 Å². The van der Waals surface area contributed by atoms with E-state index in [4.69, 9.17) is 0 Å². The fraction of sp³-hybridized carbons (Fsp3) is 0.500. The topological polar surface area (TPSA) is 34.1 Å². The summed E-state index contributed by atoms with van der Waals surface area (Å²) >= 11 is 0. The highest BCUT2D eigenvalue weighted by Crippen LogP contribution is 1.94. The van der Waals surface area contributed by atoms with Crippen LogP contribution in [0.4, 0.5) is 0 Å². The molecular formula is C12H18O2S. The molecule has 0 spiro atoms. The molecule has 0 saturated carbocycles. The number of sulfone groups is 1. The minimum atomic E-state index is -3.21. The van der Waals surface area contributed by atoms with E-state index in [1.807, 2.05) is 32.1 Å². The van der Waals surface area contributed by atoms with Crippen molar-refractivity contribution in [3.63, 3.8) is 0 Å². The molecule has 0 aromatic carbocycles. The van der Waals surface area contributed by atoms with Gasteiger partial charge in [-0.05, 0) is 25.3 Å². The lowest BCUT2D eigenvalue weighted by molar-refractivity contribution is 0.606. The van der Waals surface area contributed by atoms with Crippen LogP contribution in [0.2, 0.25) is 0 Å². The highest BCUT2D eigenvalue weighted by atomic mass is 32.2. The quantitative estimate of drug-likeness (QED) is 0.410. The third-order valence-electron chi connectivity index (χ3n) is 1.61. The van der Waals surface area contributed by atoms with Crippen LogP contribution in [0.5, 0.6) is 0 Å². The van der Waals surface area contributed by atoms with Crippen molar-refractivity contribution in [2.24, 2.45) is 0 Å². The van der Waals surface area contributed by atoms with Crippen molar-refractivity contribution in [3.8, 4) is 11.2 Å². The fourth-order valence-electron chi connectivity index (χ4n) is 0.859. The molecule has 0 atom stereocenters. The lowest BCUT2D eigenvalue weighted by Crippen LogP contribution is -2.01. The summed E-state index contributed by atoms with van der Waals surface area (Å²) in [6, 6.07) is 0. The molecule has 0 aliphatic carbocycles. The SMILES string of the molecule is CCC=CC#CS(=O)(=O)CCC=CCC. The molecule has 3 heteroatoms. The largest absolute Gasteiger partial charge is 0.217 e. The zero-order valence-corrected chi connectivity index (χ0v) is 10.2. The van der Waals surface area contributed by atoms with E-state index in [2.05, 4.69) is 11.2 Å². The molecule has 0 aliphatic rings. The van der Waals surface area contributed by atoms with Crippen LogP contribution in [-0.2, 0) is 9.84 Å². The van der Waals surface area contributed by atoms with Crippen LogP contribution in [-0.4, -0.2) is 14.2 Å². The van der Waals surface area contributed by atoms with Gasteiger partial charge in [-0.25, -0.2) is 8.42 Å². The standard InChI is InChI=1S/C12H18O2S/c1-3-5-7-9-11-15(13,14)12-10-8-6-4-2/h5-8H,3-4,9,11H2,1-2H3. The summed E-state index contributed by atoms with van der Waals surface area (Å²) in [4.78, 5) is 0. The van der Waals surface area contributed by atoms with Crippen LogP contribution < -0.4 is 0 Å². The first kappa shape index (κ1) is 14.0. The third kappa shape index (κ3) is 9.30. The molecule has 0 unspecified atom stereocenters. The Morgan fingerprint density at radius 1 is 1.07 bits per heavy atom. The zero-order valence-electron chi connectivity index (χ0n) is 9.36. The molecule has 0 radical (unpaired) electrons. The first-order valence-corrected chi connectivity index (χ1v) is 6.82. The van der Waals surface area contributed by atoms with E-state index in [0.717, 1.165) is 12.8 Å². The monoisotopic (exact) mass is 226 g/mol. The first-order valence-electron chi connectivity index (χ1n) is 5.17. The molecule has 0 heterocycles. The average molecular weight is 226 g/mol. The van der Waals surface area contributed by atoms with Crippen LogP contribution >= 0.6 is 0 Å². The van der Waals surface area contributed by atoms with Crippen molar-refractivity contribution in [1.82, 2.24) is 0 Å².